The normalized spacial score (nSPS) is 10.2. The van der Waals surface area contributed by atoms with Crippen LogP contribution in [0.15, 0.2) is 41.3 Å². The maximum absolute atomic E-state index is 10.9. The van der Waals surface area contributed by atoms with Crippen molar-refractivity contribution in [3.63, 3.8) is 0 Å². The lowest BCUT2D eigenvalue weighted by molar-refractivity contribution is 0.0688. The van der Waals surface area contributed by atoms with Crippen LogP contribution in [0.4, 0.5) is 0 Å². The summed E-state index contributed by atoms with van der Waals surface area (Å²) in [5.41, 5.74) is 0.922. The monoisotopic (exact) mass is 266 g/mol. The van der Waals surface area contributed by atoms with Gasteiger partial charge in [0.15, 0.2) is 5.69 Å². The van der Waals surface area contributed by atoms with Crippen molar-refractivity contribution in [1.29, 1.82) is 0 Å². The van der Waals surface area contributed by atoms with Gasteiger partial charge in [0.2, 0.25) is 0 Å². The molecular formula is C10H7BrN2O2. The van der Waals surface area contributed by atoms with Crippen molar-refractivity contribution in [3.05, 3.63) is 47.0 Å². The molecule has 1 N–H and O–H groups in total. The van der Waals surface area contributed by atoms with E-state index in [0.717, 1.165) is 10.2 Å². The van der Waals surface area contributed by atoms with E-state index in [1.807, 2.05) is 24.3 Å². The molecule has 0 radical (unpaired) electrons. The quantitative estimate of drug-likeness (QED) is 0.908. The number of benzene rings is 1. The van der Waals surface area contributed by atoms with Gasteiger partial charge in [0.25, 0.3) is 0 Å². The van der Waals surface area contributed by atoms with Crippen molar-refractivity contribution >= 4 is 21.9 Å². The average Bonchev–Trinajstić information content (AvgIpc) is 2.67. The second-order valence-electron chi connectivity index (χ2n) is 2.93. The van der Waals surface area contributed by atoms with Gasteiger partial charge in [-0.25, -0.2) is 9.78 Å². The van der Waals surface area contributed by atoms with Crippen LogP contribution in [0, 0.1) is 0 Å². The van der Waals surface area contributed by atoms with Crippen molar-refractivity contribution in [2.75, 3.05) is 0 Å². The number of carbonyl (C=O) groups is 1. The van der Waals surface area contributed by atoms with Crippen molar-refractivity contribution in [3.8, 4) is 5.69 Å². The van der Waals surface area contributed by atoms with Crippen molar-refractivity contribution in [2.24, 2.45) is 0 Å². The Morgan fingerprint density at radius 2 is 2.00 bits per heavy atom. The van der Waals surface area contributed by atoms with Gasteiger partial charge in [-0.15, -0.1) is 0 Å². The van der Waals surface area contributed by atoms with E-state index >= 15 is 0 Å². The number of hydrogen-bond donors (Lipinski definition) is 1. The molecule has 0 saturated heterocycles. The number of carboxylic acids is 1. The summed E-state index contributed by atoms with van der Waals surface area (Å²) in [6.45, 7) is 0. The van der Waals surface area contributed by atoms with E-state index in [2.05, 4.69) is 20.9 Å². The molecule has 4 nitrogen and oxygen atoms in total. The Labute approximate surface area is 94.3 Å². The largest absolute Gasteiger partial charge is 0.477 e. The molecule has 76 valence electrons. The van der Waals surface area contributed by atoms with Gasteiger partial charge < -0.3 is 5.11 Å². The molecule has 0 aliphatic rings. The zero-order chi connectivity index (χ0) is 10.8. The SMILES string of the molecule is O=C(O)c1cncn1-c1ccc(Br)cc1. The molecule has 0 unspecified atom stereocenters. The molecule has 0 spiro atoms. The Balaban J connectivity index is 2.49. The molecule has 1 aromatic heterocycles. The summed E-state index contributed by atoms with van der Waals surface area (Å²) >= 11 is 3.31. The number of hydrogen-bond acceptors (Lipinski definition) is 2. The molecule has 1 heterocycles. The second-order valence-corrected chi connectivity index (χ2v) is 3.85. The van der Waals surface area contributed by atoms with Crippen molar-refractivity contribution in [1.82, 2.24) is 9.55 Å². The predicted molar refractivity (Wildman–Crippen MR) is 58.2 cm³/mol. The highest BCUT2D eigenvalue weighted by molar-refractivity contribution is 9.10. The lowest BCUT2D eigenvalue weighted by Gasteiger charge is -2.04. The summed E-state index contributed by atoms with van der Waals surface area (Å²) in [5, 5.41) is 8.90. The number of nitrogens with zero attached hydrogens (tertiary/aromatic N) is 2. The average molecular weight is 267 g/mol. The topological polar surface area (TPSA) is 55.1 Å². The maximum Gasteiger partial charge on any atom is 0.354 e. The zero-order valence-electron chi connectivity index (χ0n) is 7.59. The van der Waals surface area contributed by atoms with Crippen LogP contribution >= 0.6 is 15.9 Å². The van der Waals surface area contributed by atoms with Crippen LogP contribution in [0.1, 0.15) is 10.5 Å². The Hall–Kier alpha value is -1.62. The number of aromatic nitrogens is 2. The Morgan fingerprint density at radius 3 is 2.60 bits per heavy atom. The molecule has 2 rings (SSSR count). The maximum atomic E-state index is 10.9. The van der Waals surface area contributed by atoms with Gasteiger partial charge in [-0.1, -0.05) is 15.9 Å². The van der Waals surface area contributed by atoms with E-state index in [1.165, 1.54) is 17.1 Å². The van der Waals surface area contributed by atoms with Gasteiger partial charge in [-0.05, 0) is 24.3 Å². The molecule has 1 aromatic carbocycles. The van der Waals surface area contributed by atoms with Gasteiger partial charge >= 0.3 is 5.97 Å². The molecule has 15 heavy (non-hydrogen) atoms. The lowest BCUT2D eigenvalue weighted by atomic mass is 10.3. The van der Waals surface area contributed by atoms with E-state index in [1.54, 1.807) is 0 Å². The van der Waals surface area contributed by atoms with Crippen molar-refractivity contribution in [2.45, 2.75) is 0 Å². The molecule has 5 heteroatoms. The molecular weight excluding hydrogens is 260 g/mol. The Kier molecular flexibility index (Phi) is 2.55. The van der Waals surface area contributed by atoms with E-state index < -0.39 is 5.97 Å². The first-order valence-corrected chi connectivity index (χ1v) is 4.99. The molecule has 0 fully saturated rings. The highest BCUT2D eigenvalue weighted by Crippen LogP contribution is 2.15. The third kappa shape index (κ3) is 1.92. The van der Waals surface area contributed by atoms with Gasteiger partial charge in [0, 0.05) is 10.2 Å². The summed E-state index contributed by atoms with van der Waals surface area (Å²) in [4.78, 5) is 14.7. The van der Waals surface area contributed by atoms with E-state index in [4.69, 9.17) is 5.11 Å². The highest BCUT2D eigenvalue weighted by atomic mass is 79.9. The van der Waals surface area contributed by atoms with Gasteiger partial charge in [0.05, 0.1) is 12.5 Å². The van der Waals surface area contributed by atoms with Gasteiger partial charge in [-0.2, -0.15) is 0 Å². The number of carboxylic acid groups (broad SMARTS) is 1. The van der Waals surface area contributed by atoms with Gasteiger partial charge in [-0.3, -0.25) is 4.57 Å². The van der Waals surface area contributed by atoms with E-state index in [9.17, 15) is 4.79 Å². The predicted octanol–water partition coefficient (Wildman–Crippen LogP) is 2.33. The molecule has 0 amide bonds. The first-order chi connectivity index (χ1) is 7.18. The summed E-state index contributed by atoms with van der Waals surface area (Å²) in [6, 6.07) is 7.33. The standard InChI is InChI=1S/C10H7BrN2O2/c11-7-1-3-8(4-2-7)13-6-12-5-9(13)10(14)15/h1-6H,(H,14,15). The van der Waals surface area contributed by atoms with Gasteiger partial charge in [0.1, 0.15) is 0 Å². The minimum Gasteiger partial charge on any atom is -0.477 e. The Morgan fingerprint density at radius 1 is 1.33 bits per heavy atom. The van der Waals surface area contributed by atoms with E-state index in [0.29, 0.717) is 0 Å². The van der Waals surface area contributed by atoms with Crippen LogP contribution in [0.3, 0.4) is 0 Å². The smallest absolute Gasteiger partial charge is 0.354 e. The lowest BCUT2D eigenvalue weighted by Crippen LogP contribution is -2.05. The Bertz CT molecular complexity index is 490. The number of imidazole rings is 1. The van der Waals surface area contributed by atoms with Crippen LogP contribution in [0.2, 0.25) is 0 Å². The molecule has 0 aliphatic heterocycles. The first-order valence-electron chi connectivity index (χ1n) is 4.20. The molecule has 0 aliphatic carbocycles. The van der Waals surface area contributed by atoms with Crippen LogP contribution in [0.25, 0.3) is 5.69 Å². The van der Waals surface area contributed by atoms with E-state index in [-0.39, 0.29) is 5.69 Å². The zero-order valence-corrected chi connectivity index (χ0v) is 9.18. The molecule has 2 aromatic rings. The van der Waals surface area contributed by atoms with Crippen LogP contribution in [0.5, 0.6) is 0 Å². The third-order valence-electron chi connectivity index (χ3n) is 1.96. The summed E-state index contributed by atoms with van der Waals surface area (Å²) in [5.74, 6) is -0.990. The summed E-state index contributed by atoms with van der Waals surface area (Å²) < 4.78 is 2.47. The fourth-order valence-electron chi connectivity index (χ4n) is 1.26. The minimum atomic E-state index is -0.990. The van der Waals surface area contributed by atoms with Crippen LogP contribution in [-0.2, 0) is 0 Å². The molecule has 0 saturated carbocycles. The number of rotatable bonds is 2. The number of aromatic carboxylic acids is 1. The summed E-state index contributed by atoms with van der Waals surface area (Å²) in [6.07, 6.45) is 2.80. The fourth-order valence-corrected chi connectivity index (χ4v) is 1.53. The third-order valence-corrected chi connectivity index (χ3v) is 2.49. The minimum absolute atomic E-state index is 0.150. The number of halogens is 1. The van der Waals surface area contributed by atoms with Crippen molar-refractivity contribution < 1.29 is 9.90 Å². The first kappa shape index (κ1) is 9.92. The van der Waals surface area contributed by atoms with Crippen LogP contribution in [-0.4, -0.2) is 20.6 Å². The fraction of sp³-hybridized carbons (Fsp3) is 0. The second kappa shape index (κ2) is 3.86. The molecule has 0 bridgehead atoms. The van der Waals surface area contributed by atoms with Crippen LogP contribution < -0.4 is 0 Å². The molecule has 0 atom stereocenters. The summed E-state index contributed by atoms with van der Waals surface area (Å²) in [7, 11) is 0. The highest BCUT2D eigenvalue weighted by Gasteiger charge is 2.10.